The fourth-order valence-electron chi connectivity index (χ4n) is 1.54. The fourth-order valence-corrected chi connectivity index (χ4v) is 1.54. The molecule has 1 heterocycles. The molecule has 1 aromatic carbocycles. The van der Waals surface area contributed by atoms with Crippen LogP contribution in [0.4, 0.5) is 18.0 Å². The van der Waals surface area contributed by atoms with Crippen molar-refractivity contribution in [1.82, 2.24) is 5.32 Å². The number of amides is 1. The van der Waals surface area contributed by atoms with Gasteiger partial charge in [0.15, 0.2) is 18.2 Å². The lowest BCUT2D eigenvalue weighted by molar-refractivity contribution is -0.104. The number of rotatable bonds is 1. The number of hydrogen-bond acceptors (Lipinski definition) is 3. The summed E-state index contributed by atoms with van der Waals surface area (Å²) in [5.41, 5.74) is -0.137. The number of halogens is 4. The van der Waals surface area contributed by atoms with Crippen molar-refractivity contribution in [2.75, 3.05) is 6.61 Å². The Hall–Kier alpha value is -1.63. The molecule has 1 amide bonds. The van der Waals surface area contributed by atoms with Crippen LogP contribution in [0.5, 0.6) is 5.75 Å². The Bertz CT molecular complexity index is 470. The molecule has 4 nitrogen and oxygen atoms in total. The molecule has 0 aliphatic carbocycles. The van der Waals surface area contributed by atoms with Crippen LogP contribution in [0.2, 0.25) is 0 Å². The third-order valence-electron chi connectivity index (χ3n) is 2.39. The van der Waals surface area contributed by atoms with Gasteiger partial charge in [0.05, 0.1) is 0 Å². The Balaban J connectivity index is 0.00000162. The van der Waals surface area contributed by atoms with E-state index in [0.717, 1.165) is 18.2 Å². The number of hydrogen-bond donors (Lipinski definition) is 2. The van der Waals surface area contributed by atoms with E-state index in [1.807, 2.05) is 5.32 Å². The molecule has 0 saturated carbocycles. The van der Waals surface area contributed by atoms with Crippen LogP contribution in [0.25, 0.3) is 0 Å². The zero-order chi connectivity index (χ0) is 12.6. The summed E-state index contributed by atoms with van der Waals surface area (Å²) in [5.74, 6) is -5.01. The normalized spacial score (nSPS) is 21.5. The summed E-state index contributed by atoms with van der Waals surface area (Å²) in [5, 5.41) is 10.9. The maximum Gasteiger partial charge on any atom is 0.408 e. The van der Waals surface area contributed by atoms with Gasteiger partial charge in [0.2, 0.25) is 0 Å². The molecule has 8 heteroatoms. The van der Waals surface area contributed by atoms with Gasteiger partial charge in [0, 0.05) is 0 Å². The molecule has 0 unspecified atom stereocenters. The van der Waals surface area contributed by atoms with Gasteiger partial charge >= 0.3 is 12.0 Å². The molecule has 1 atom stereocenters. The smallest absolute Gasteiger partial charge is 0.408 e. The lowest BCUT2D eigenvalue weighted by Crippen LogP contribution is -2.49. The van der Waals surface area contributed by atoms with Gasteiger partial charge in [-0.2, -0.15) is 0 Å². The first-order valence-corrected chi connectivity index (χ1v) is 4.70. The Labute approximate surface area is 106 Å². The van der Waals surface area contributed by atoms with Crippen molar-refractivity contribution in [3.8, 4) is 5.75 Å². The molecule has 0 radical (unpaired) electrons. The van der Waals surface area contributed by atoms with Crippen molar-refractivity contribution >= 4 is 18.5 Å². The van der Waals surface area contributed by atoms with Crippen molar-refractivity contribution in [3.63, 3.8) is 0 Å². The van der Waals surface area contributed by atoms with Crippen LogP contribution in [-0.2, 0) is 4.74 Å². The molecule has 1 fully saturated rings. The Morgan fingerprint density at radius 2 is 2.11 bits per heavy atom. The van der Waals surface area contributed by atoms with Crippen LogP contribution < -0.4 is 5.32 Å². The second-order valence-electron chi connectivity index (χ2n) is 3.63. The van der Waals surface area contributed by atoms with Crippen molar-refractivity contribution in [2.45, 2.75) is 12.0 Å². The summed E-state index contributed by atoms with van der Waals surface area (Å²) >= 11 is 0. The Kier molecular flexibility index (Phi) is 3.95. The van der Waals surface area contributed by atoms with E-state index in [1.54, 1.807) is 0 Å². The van der Waals surface area contributed by atoms with Gasteiger partial charge in [0.1, 0.15) is 6.04 Å². The van der Waals surface area contributed by atoms with E-state index in [4.69, 9.17) is 5.11 Å². The summed E-state index contributed by atoms with van der Waals surface area (Å²) in [6.45, 7) is -1.06. The Morgan fingerprint density at radius 3 is 2.72 bits per heavy atom. The van der Waals surface area contributed by atoms with Crippen LogP contribution in [0, 0.1) is 5.82 Å². The van der Waals surface area contributed by atoms with E-state index in [1.165, 1.54) is 0 Å². The first-order chi connectivity index (χ1) is 7.90. The minimum absolute atomic E-state index is 0. The Morgan fingerprint density at radius 1 is 1.44 bits per heavy atom. The molecular weight excluding hydrogens is 275 g/mol. The van der Waals surface area contributed by atoms with E-state index in [-0.39, 0.29) is 18.0 Å². The van der Waals surface area contributed by atoms with Crippen LogP contribution in [0.15, 0.2) is 18.2 Å². The first-order valence-electron chi connectivity index (χ1n) is 4.70. The molecule has 1 aliphatic rings. The zero-order valence-electron chi connectivity index (χ0n) is 8.82. The fraction of sp³-hybridized carbons (Fsp3) is 0.300. The molecule has 1 saturated heterocycles. The number of alkyl carbamates (subject to hydrolysis) is 1. The SMILES string of the molecule is Cl.O=C1N[C@H](c2ccc(O)c(F)c2)C(F)(F)CO1. The second-order valence-corrected chi connectivity index (χ2v) is 3.63. The molecule has 100 valence electrons. The highest BCUT2D eigenvalue weighted by molar-refractivity contribution is 5.85. The molecule has 1 aromatic rings. The first kappa shape index (κ1) is 14.4. The number of cyclic esters (lactones) is 1. The molecule has 0 aromatic heterocycles. The number of phenols is 1. The number of carbonyl (C=O) groups excluding carboxylic acids is 1. The van der Waals surface area contributed by atoms with Gasteiger partial charge in [-0.25, -0.2) is 18.0 Å². The summed E-state index contributed by atoms with van der Waals surface area (Å²) in [6.07, 6.45) is -0.991. The standard InChI is InChI=1S/C10H8F3NO3.ClH/c11-6-3-5(1-2-7(6)15)8-10(12,13)4-17-9(16)14-8;/h1-3,8,15H,4H2,(H,14,16);1H/t8-;/m1./s1. The summed E-state index contributed by atoms with van der Waals surface area (Å²) < 4.78 is 44.1. The number of alkyl halides is 2. The van der Waals surface area contributed by atoms with E-state index in [2.05, 4.69) is 4.74 Å². The summed E-state index contributed by atoms with van der Waals surface area (Å²) in [6, 6.07) is 1.14. The maximum absolute atomic E-state index is 13.4. The van der Waals surface area contributed by atoms with Crippen LogP contribution >= 0.6 is 12.4 Å². The monoisotopic (exact) mass is 283 g/mol. The second kappa shape index (κ2) is 4.93. The van der Waals surface area contributed by atoms with E-state index >= 15 is 0 Å². The lowest BCUT2D eigenvalue weighted by atomic mass is 10.00. The predicted octanol–water partition coefficient (Wildman–Crippen LogP) is 2.37. The predicted molar refractivity (Wildman–Crippen MR) is 57.5 cm³/mol. The van der Waals surface area contributed by atoms with Gasteiger partial charge in [0.25, 0.3) is 0 Å². The number of nitrogens with one attached hydrogen (secondary N) is 1. The molecule has 2 N–H and O–H groups in total. The summed E-state index contributed by atoms with van der Waals surface area (Å²) in [4.78, 5) is 10.9. The van der Waals surface area contributed by atoms with Gasteiger partial charge in [-0.05, 0) is 17.7 Å². The van der Waals surface area contributed by atoms with E-state index < -0.39 is 36.2 Å². The molecule has 18 heavy (non-hydrogen) atoms. The van der Waals surface area contributed by atoms with E-state index in [9.17, 15) is 18.0 Å². The van der Waals surface area contributed by atoms with Crippen LogP contribution in [-0.4, -0.2) is 23.7 Å². The third-order valence-corrected chi connectivity index (χ3v) is 2.39. The number of carbonyl (C=O) groups is 1. The average Bonchev–Trinajstić information content (AvgIpc) is 2.26. The maximum atomic E-state index is 13.4. The highest BCUT2D eigenvalue weighted by Crippen LogP contribution is 2.35. The minimum Gasteiger partial charge on any atom is -0.505 e. The minimum atomic E-state index is -3.34. The highest BCUT2D eigenvalue weighted by atomic mass is 35.5. The van der Waals surface area contributed by atoms with Crippen molar-refractivity contribution in [1.29, 1.82) is 0 Å². The van der Waals surface area contributed by atoms with Crippen LogP contribution in [0.3, 0.4) is 0 Å². The molecule has 0 bridgehead atoms. The molecular formula is C10H9ClF3NO3. The molecule has 2 rings (SSSR count). The highest BCUT2D eigenvalue weighted by Gasteiger charge is 2.46. The number of benzene rings is 1. The number of phenolic OH excluding ortho intramolecular Hbond substituents is 1. The van der Waals surface area contributed by atoms with Gasteiger partial charge in [-0.15, -0.1) is 12.4 Å². The topological polar surface area (TPSA) is 58.6 Å². The summed E-state index contributed by atoms with van der Waals surface area (Å²) in [7, 11) is 0. The van der Waals surface area contributed by atoms with Crippen molar-refractivity contribution in [2.24, 2.45) is 0 Å². The van der Waals surface area contributed by atoms with Crippen LogP contribution in [0.1, 0.15) is 11.6 Å². The van der Waals surface area contributed by atoms with E-state index in [0.29, 0.717) is 0 Å². The van der Waals surface area contributed by atoms with Gasteiger partial charge < -0.3 is 15.2 Å². The third kappa shape index (κ3) is 2.61. The number of aromatic hydroxyl groups is 1. The lowest BCUT2D eigenvalue weighted by Gasteiger charge is -2.31. The average molecular weight is 284 g/mol. The largest absolute Gasteiger partial charge is 0.505 e. The number of ether oxygens (including phenoxy) is 1. The molecule has 0 spiro atoms. The van der Waals surface area contributed by atoms with Crippen molar-refractivity contribution in [3.05, 3.63) is 29.6 Å². The zero-order valence-corrected chi connectivity index (χ0v) is 9.64. The van der Waals surface area contributed by atoms with Gasteiger partial charge in [-0.3, -0.25) is 0 Å². The van der Waals surface area contributed by atoms with Gasteiger partial charge in [-0.1, -0.05) is 6.07 Å². The molecule has 1 aliphatic heterocycles. The quantitative estimate of drug-likeness (QED) is 0.832. The van der Waals surface area contributed by atoms with Crippen molar-refractivity contribution < 1.29 is 27.8 Å².